The predicted molar refractivity (Wildman–Crippen MR) is 69.3 cm³/mol. The van der Waals surface area contributed by atoms with Crippen molar-refractivity contribution < 1.29 is 4.42 Å². The highest BCUT2D eigenvalue weighted by Crippen LogP contribution is 2.19. The number of nitrogens with zero attached hydrogens (tertiary/aromatic N) is 3. The van der Waals surface area contributed by atoms with Gasteiger partial charge in [0, 0.05) is 32.1 Å². The number of hydrogen-bond donors (Lipinski definition) is 1. The zero-order valence-electron chi connectivity index (χ0n) is 10.3. The number of imidazole rings is 1. The third-order valence-electron chi connectivity index (χ3n) is 2.87. The lowest BCUT2D eigenvalue weighted by molar-refractivity contribution is 0.561. The van der Waals surface area contributed by atoms with Crippen LogP contribution >= 0.6 is 0 Å². The Hall–Kier alpha value is -2.30. The Kier molecular flexibility index (Phi) is 2.51. The molecule has 0 radical (unpaired) electrons. The Morgan fingerprint density at radius 1 is 1.39 bits per heavy atom. The van der Waals surface area contributed by atoms with Gasteiger partial charge in [0.05, 0.1) is 6.54 Å². The second kappa shape index (κ2) is 4.18. The molecular weight excluding hydrogens is 228 g/mol. The zero-order chi connectivity index (χ0) is 12.5. The first-order valence-electron chi connectivity index (χ1n) is 5.79. The number of aromatic nitrogens is 3. The van der Waals surface area contributed by atoms with Gasteiger partial charge in [0.2, 0.25) is 0 Å². The third-order valence-corrected chi connectivity index (χ3v) is 2.87. The van der Waals surface area contributed by atoms with Gasteiger partial charge in [-0.25, -0.2) is 9.97 Å². The van der Waals surface area contributed by atoms with Crippen LogP contribution in [0.1, 0.15) is 11.7 Å². The van der Waals surface area contributed by atoms with Crippen LogP contribution < -0.4 is 5.32 Å². The number of nitrogens with one attached hydrogen (secondary N) is 1. The largest absolute Gasteiger partial charge is 0.441 e. The molecule has 0 aliphatic carbocycles. The average Bonchev–Trinajstić information content (AvgIpc) is 2.90. The van der Waals surface area contributed by atoms with Crippen LogP contribution in [0.2, 0.25) is 0 Å². The fourth-order valence-corrected chi connectivity index (χ4v) is 1.90. The highest BCUT2D eigenvalue weighted by Gasteiger charge is 2.04. The molecule has 0 aliphatic heterocycles. The van der Waals surface area contributed by atoms with Crippen molar-refractivity contribution in [2.45, 2.75) is 13.5 Å². The van der Waals surface area contributed by atoms with E-state index < -0.39 is 0 Å². The van der Waals surface area contributed by atoms with E-state index in [-0.39, 0.29) is 0 Å². The lowest BCUT2D eigenvalue weighted by Crippen LogP contribution is -2.05. The molecule has 0 saturated heterocycles. The fraction of sp³-hybridized carbons (Fsp3) is 0.231. The van der Waals surface area contributed by atoms with Gasteiger partial charge in [0.1, 0.15) is 11.3 Å². The number of fused-ring (bicyclic) bond motifs is 1. The van der Waals surface area contributed by atoms with Crippen molar-refractivity contribution in [2.24, 2.45) is 7.05 Å². The quantitative estimate of drug-likeness (QED) is 0.766. The first-order valence-corrected chi connectivity index (χ1v) is 5.79. The van der Waals surface area contributed by atoms with E-state index in [9.17, 15) is 0 Å². The molecular formula is C13H14N4O. The number of rotatable bonds is 3. The van der Waals surface area contributed by atoms with Crippen LogP contribution in [0.15, 0.2) is 35.0 Å². The molecule has 0 amide bonds. The van der Waals surface area contributed by atoms with E-state index in [1.807, 2.05) is 42.9 Å². The summed E-state index contributed by atoms with van der Waals surface area (Å²) in [7, 11) is 1.98. The van der Waals surface area contributed by atoms with Crippen molar-refractivity contribution in [3.63, 3.8) is 0 Å². The first-order chi connectivity index (χ1) is 8.72. The summed E-state index contributed by atoms with van der Waals surface area (Å²) in [4.78, 5) is 8.57. The van der Waals surface area contributed by atoms with Gasteiger partial charge in [-0.2, -0.15) is 0 Å². The molecule has 0 unspecified atom stereocenters. The van der Waals surface area contributed by atoms with Gasteiger partial charge in [-0.1, -0.05) is 0 Å². The monoisotopic (exact) mass is 242 g/mol. The second-order valence-corrected chi connectivity index (χ2v) is 4.22. The van der Waals surface area contributed by atoms with Crippen LogP contribution in [0.5, 0.6) is 0 Å². The molecule has 0 spiro atoms. The van der Waals surface area contributed by atoms with Crippen LogP contribution in [0.3, 0.4) is 0 Å². The summed E-state index contributed by atoms with van der Waals surface area (Å²) in [6.07, 6.45) is 3.72. The van der Waals surface area contributed by atoms with Crippen molar-refractivity contribution in [1.29, 1.82) is 0 Å². The van der Waals surface area contributed by atoms with Crippen molar-refractivity contribution in [3.8, 4) is 0 Å². The van der Waals surface area contributed by atoms with Crippen LogP contribution in [0, 0.1) is 6.92 Å². The lowest BCUT2D eigenvalue weighted by Gasteiger charge is -2.05. The maximum Gasteiger partial charge on any atom is 0.192 e. The minimum atomic E-state index is 0.686. The molecule has 5 heteroatoms. The molecule has 3 rings (SSSR count). The highest BCUT2D eigenvalue weighted by atomic mass is 16.3. The highest BCUT2D eigenvalue weighted by molar-refractivity contribution is 5.77. The molecule has 1 N–H and O–H groups in total. The van der Waals surface area contributed by atoms with E-state index in [1.54, 1.807) is 6.20 Å². The Balaban J connectivity index is 1.80. The second-order valence-electron chi connectivity index (χ2n) is 4.22. The topological polar surface area (TPSA) is 55.9 Å². The normalized spacial score (nSPS) is 11.0. The number of aryl methyl sites for hydroxylation is 2. The maximum atomic E-state index is 5.44. The summed E-state index contributed by atoms with van der Waals surface area (Å²) >= 11 is 0. The summed E-state index contributed by atoms with van der Waals surface area (Å²) < 4.78 is 7.43. The molecule has 0 atom stereocenters. The SMILES string of the molecule is Cc1nc2cc(NCc3nccn3C)ccc2o1. The molecule has 0 bridgehead atoms. The fourth-order valence-electron chi connectivity index (χ4n) is 1.90. The summed E-state index contributed by atoms with van der Waals surface area (Å²) in [5.74, 6) is 1.68. The van der Waals surface area contributed by atoms with Crippen molar-refractivity contribution in [1.82, 2.24) is 14.5 Å². The molecule has 18 heavy (non-hydrogen) atoms. The molecule has 92 valence electrons. The van der Waals surface area contributed by atoms with Crippen molar-refractivity contribution in [2.75, 3.05) is 5.32 Å². The first kappa shape index (κ1) is 10.8. The smallest absolute Gasteiger partial charge is 0.192 e. The zero-order valence-corrected chi connectivity index (χ0v) is 10.3. The van der Waals surface area contributed by atoms with Gasteiger partial charge in [0.25, 0.3) is 0 Å². The van der Waals surface area contributed by atoms with Crippen LogP contribution in [0.25, 0.3) is 11.1 Å². The molecule has 0 aliphatic rings. The van der Waals surface area contributed by atoms with Gasteiger partial charge in [-0.15, -0.1) is 0 Å². The Bertz CT molecular complexity index is 683. The van der Waals surface area contributed by atoms with Gasteiger partial charge in [-0.3, -0.25) is 0 Å². The van der Waals surface area contributed by atoms with E-state index in [1.165, 1.54) is 0 Å². The number of benzene rings is 1. The summed E-state index contributed by atoms with van der Waals surface area (Å²) in [6.45, 7) is 2.53. The number of hydrogen-bond acceptors (Lipinski definition) is 4. The van der Waals surface area contributed by atoms with E-state index in [0.717, 1.165) is 22.6 Å². The molecule has 3 aromatic rings. The van der Waals surface area contributed by atoms with E-state index in [4.69, 9.17) is 4.42 Å². The molecule has 2 aromatic heterocycles. The average molecular weight is 242 g/mol. The van der Waals surface area contributed by atoms with E-state index in [0.29, 0.717) is 12.4 Å². The Labute approximate surface area is 104 Å². The maximum absolute atomic E-state index is 5.44. The molecule has 0 saturated carbocycles. The minimum absolute atomic E-state index is 0.686. The van der Waals surface area contributed by atoms with Gasteiger partial charge in [-0.05, 0) is 18.2 Å². The van der Waals surface area contributed by atoms with E-state index in [2.05, 4.69) is 15.3 Å². The van der Waals surface area contributed by atoms with Crippen molar-refractivity contribution in [3.05, 3.63) is 42.3 Å². The number of oxazole rings is 1. The van der Waals surface area contributed by atoms with Crippen molar-refractivity contribution >= 4 is 16.8 Å². The van der Waals surface area contributed by atoms with Crippen LogP contribution in [0.4, 0.5) is 5.69 Å². The summed E-state index contributed by atoms with van der Waals surface area (Å²) in [5.41, 5.74) is 2.70. The molecule has 1 aromatic carbocycles. The summed E-state index contributed by atoms with van der Waals surface area (Å²) in [5, 5.41) is 3.32. The molecule has 5 nitrogen and oxygen atoms in total. The molecule has 2 heterocycles. The standard InChI is InChI=1S/C13H14N4O/c1-9-16-11-7-10(3-4-12(11)18-9)15-8-13-14-5-6-17(13)2/h3-7,15H,8H2,1-2H3. The number of anilines is 1. The lowest BCUT2D eigenvalue weighted by atomic mass is 10.3. The van der Waals surface area contributed by atoms with E-state index >= 15 is 0 Å². The Morgan fingerprint density at radius 3 is 3.06 bits per heavy atom. The Morgan fingerprint density at radius 2 is 2.28 bits per heavy atom. The summed E-state index contributed by atoms with van der Waals surface area (Å²) in [6, 6.07) is 5.89. The third kappa shape index (κ3) is 1.95. The predicted octanol–water partition coefficient (Wildman–Crippen LogP) is 2.48. The van der Waals surface area contributed by atoms with Gasteiger partial charge >= 0.3 is 0 Å². The molecule has 0 fully saturated rings. The van der Waals surface area contributed by atoms with Gasteiger partial charge in [0.15, 0.2) is 11.5 Å². The van der Waals surface area contributed by atoms with Crippen LogP contribution in [-0.4, -0.2) is 14.5 Å². The minimum Gasteiger partial charge on any atom is -0.441 e. The van der Waals surface area contributed by atoms with Gasteiger partial charge < -0.3 is 14.3 Å². The van der Waals surface area contributed by atoms with Crippen LogP contribution in [-0.2, 0) is 13.6 Å².